The Balaban J connectivity index is 1.50. The highest BCUT2D eigenvalue weighted by atomic mass is 32.2. The molecule has 1 aromatic heterocycles. The van der Waals surface area contributed by atoms with E-state index in [4.69, 9.17) is 0 Å². The van der Waals surface area contributed by atoms with Crippen molar-refractivity contribution in [3.8, 4) is 0 Å². The lowest BCUT2D eigenvalue weighted by Gasteiger charge is -2.21. The Labute approximate surface area is 146 Å². The number of hydrogen-bond acceptors (Lipinski definition) is 3. The molecule has 2 aromatic rings. The topological polar surface area (TPSA) is 42.0 Å². The Morgan fingerprint density at radius 1 is 1.21 bits per heavy atom. The Morgan fingerprint density at radius 2 is 2.04 bits per heavy atom. The van der Waals surface area contributed by atoms with Crippen molar-refractivity contribution in [1.82, 2.24) is 10.3 Å². The SMILES string of the molecule is O=C(CSc1ccccn1)N[C@@H]1CCC[C@@H]1Cc1ccc(F)cc1. The molecule has 0 aliphatic heterocycles. The summed E-state index contributed by atoms with van der Waals surface area (Å²) in [5.74, 6) is 0.666. The molecule has 0 unspecified atom stereocenters. The molecule has 3 nitrogen and oxygen atoms in total. The minimum atomic E-state index is -0.207. The highest BCUT2D eigenvalue weighted by Crippen LogP contribution is 2.29. The minimum absolute atomic E-state index is 0.0571. The Kier molecular flexibility index (Phi) is 5.86. The van der Waals surface area contributed by atoms with Gasteiger partial charge >= 0.3 is 0 Å². The zero-order valence-corrected chi connectivity index (χ0v) is 14.3. The third kappa shape index (κ3) is 4.81. The van der Waals surface area contributed by atoms with Gasteiger partial charge in [0.15, 0.2) is 0 Å². The molecule has 126 valence electrons. The van der Waals surface area contributed by atoms with E-state index < -0.39 is 0 Å². The fourth-order valence-corrected chi connectivity index (χ4v) is 3.89. The molecular formula is C19H21FN2OS. The van der Waals surface area contributed by atoms with Gasteiger partial charge in [-0.1, -0.05) is 36.4 Å². The number of hydrogen-bond donors (Lipinski definition) is 1. The summed E-state index contributed by atoms with van der Waals surface area (Å²) < 4.78 is 13.0. The number of nitrogens with zero attached hydrogens (tertiary/aromatic N) is 1. The smallest absolute Gasteiger partial charge is 0.230 e. The van der Waals surface area contributed by atoms with Gasteiger partial charge in [-0.2, -0.15) is 0 Å². The van der Waals surface area contributed by atoms with E-state index in [2.05, 4.69) is 10.3 Å². The van der Waals surface area contributed by atoms with Gasteiger partial charge in [0, 0.05) is 12.2 Å². The van der Waals surface area contributed by atoms with E-state index in [1.165, 1.54) is 23.9 Å². The molecule has 2 atom stereocenters. The first-order valence-corrected chi connectivity index (χ1v) is 9.27. The van der Waals surface area contributed by atoms with Crippen LogP contribution in [-0.4, -0.2) is 22.7 Å². The molecule has 1 heterocycles. The molecule has 1 aliphatic carbocycles. The van der Waals surface area contributed by atoms with Crippen LogP contribution in [-0.2, 0) is 11.2 Å². The lowest BCUT2D eigenvalue weighted by atomic mass is 9.94. The Bertz CT molecular complexity index is 663. The maximum absolute atomic E-state index is 13.0. The molecule has 1 aromatic carbocycles. The van der Waals surface area contributed by atoms with Crippen LogP contribution in [0.15, 0.2) is 53.7 Å². The van der Waals surface area contributed by atoms with Gasteiger partial charge in [0.05, 0.1) is 10.8 Å². The van der Waals surface area contributed by atoms with Crippen molar-refractivity contribution in [2.75, 3.05) is 5.75 Å². The summed E-state index contributed by atoms with van der Waals surface area (Å²) in [5.41, 5.74) is 1.13. The Morgan fingerprint density at radius 3 is 2.79 bits per heavy atom. The largest absolute Gasteiger partial charge is 0.352 e. The second-order valence-electron chi connectivity index (χ2n) is 6.15. The van der Waals surface area contributed by atoms with Crippen molar-refractivity contribution in [3.05, 3.63) is 60.0 Å². The number of nitrogens with one attached hydrogen (secondary N) is 1. The minimum Gasteiger partial charge on any atom is -0.352 e. The molecule has 0 radical (unpaired) electrons. The lowest BCUT2D eigenvalue weighted by molar-refractivity contribution is -0.119. The number of carbonyl (C=O) groups excluding carboxylic acids is 1. The van der Waals surface area contributed by atoms with Gasteiger partial charge in [0.25, 0.3) is 0 Å². The maximum Gasteiger partial charge on any atom is 0.230 e. The van der Waals surface area contributed by atoms with Crippen LogP contribution in [0.1, 0.15) is 24.8 Å². The molecule has 24 heavy (non-hydrogen) atoms. The number of rotatable bonds is 6. The van der Waals surface area contributed by atoms with Crippen LogP contribution in [0.3, 0.4) is 0 Å². The fourth-order valence-electron chi connectivity index (χ4n) is 3.21. The molecule has 1 N–H and O–H groups in total. The van der Waals surface area contributed by atoms with Gasteiger partial charge in [-0.3, -0.25) is 4.79 Å². The average Bonchev–Trinajstić information content (AvgIpc) is 3.03. The number of halogens is 1. The third-order valence-electron chi connectivity index (χ3n) is 4.41. The van der Waals surface area contributed by atoms with Gasteiger partial charge in [0.2, 0.25) is 5.91 Å². The van der Waals surface area contributed by atoms with E-state index in [-0.39, 0.29) is 17.8 Å². The van der Waals surface area contributed by atoms with Gasteiger partial charge < -0.3 is 5.32 Å². The van der Waals surface area contributed by atoms with Crippen molar-refractivity contribution in [3.63, 3.8) is 0 Å². The summed E-state index contributed by atoms with van der Waals surface area (Å²) in [6.07, 6.45) is 5.88. The molecular weight excluding hydrogens is 323 g/mol. The van der Waals surface area contributed by atoms with E-state index in [1.54, 1.807) is 6.20 Å². The first-order chi connectivity index (χ1) is 11.7. The van der Waals surface area contributed by atoms with Gasteiger partial charge in [-0.15, -0.1) is 0 Å². The molecule has 1 aliphatic rings. The fraction of sp³-hybridized carbons (Fsp3) is 0.368. The summed E-state index contributed by atoms with van der Waals surface area (Å²) in [6.45, 7) is 0. The third-order valence-corrected chi connectivity index (χ3v) is 5.35. The molecule has 0 saturated heterocycles. The molecule has 5 heteroatoms. The standard InChI is InChI=1S/C19H21FN2OS/c20-16-9-7-14(8-10-16)12-15-4-3-5-17(15)22-18(23)13-24-19-6-1-2-11-21-19/h1-2,6-11,15,17H,3-5,12-13H2,(H,22,23)/t15-,17-/m1/s1. The second kappa shape index (κ2) is 8.29. The summed E-state index contributed by atoms with van der Waals surface area (Å²) in [6, 6.07) is 12.6. The van der Waals surface area contributed by atoms with Crippen LogP contribution >= 0.6 is 11.8 Å². The molecule has 1 saturated carbocycles. The highest BCUT2D eigenvalue weighted by molar-refractivity contribution is 7.99. The number of pyridine rings is 1. The first kappa shape index (κ1) is 17.0. The summed E-state index contributed by atoms with van der Waals surface area (Å²) >= 11 is 1.45. The van der Waals surface area contributed by atoms with Crippen LogP contribution in [0.5, 0.6) is 0 Å². The van der Waals surface area contributed by atoms with Gasteiger partial charge in [-0.25, -0.2) is 9.37 Å². The Hall–Kier alpha value is -1.88. The van der Waals surface area contributed by atoms with E-state index in [0.717, 1.165) is 36.3 Å². The zero-order valence-electron chi connectivity index (χ0n) is 13.5. The predicted molar refractivity (Wildman–Crippen MR) is 94.3 cm³/mol. The van der Waals surface area contributed by atoms with Crippen LogP contribution in [0.25, 0.3) is 0 Å². The molecule has 3 rings (SSSR count). The van der Waals surface area contributed by atoms with E-state index in [9.17, 15) is 9.18 Å². The molecule has 1 fully saturated rings. The monoisotopic (exact) mass is 344 g/mol. The van der Waals surface area contributed by atoms with Crippen LogP contribution < -0.4 is 5.32 Å². The lowest BCUT2D eigenvalue weighted by Crippen LogP contribution is -2.39. The van der Waals surface area contributed by atoms with Crippen molar-refractivity contribution in [2.45, 2.75) is 36.8 Å². The molecule has 0 spiro atoms. The average molecular weight is 344 g/mol. The zero-order chi connectivity index (χ0) is 16.8. The van der Waals surface area contributed by atoms with Crippen LogP contribution in [0.4, 0.5) is 4.39 Å². The normalized spacial score (nSPS) is 20.0. The molecule has 1 amide bonds. The number of benzene rings is 1. The second-order valence-corrected chi connectivity index (χ2v) is 7.15. The number of thioether (sulfide) groups is 1. The number of amides is 1. The number of aromatic nitrogens is 1. The summed E-state index contributed by atoms with van der Waals surface area (Å²) in [5, 5.41) is 4.03. The summed E-state index contributed by atoms with van der Waals surface area (Å²) in [4.78, 5) is 16.4. The first-order valence-electron chi connectivity index (χ1n) is 8.28. The number of carbonyl (C=O) groups is 1. The van der Waals surface area contributed by atoms with Crippen molar-refractivity contribution >= 4 is 17.7 Å². The maximum atomic E-state index is 13.0. The predicted octanol–water partition coefficient (Wildman–Crippen LogP) is 3.84. The van der Waals surface area contributed by atoms with Crippen LogP contribution in [0, 0.1) is 11.7 Å². The van der Waals surface area contributed by atoms with E-state index in [1.807, 2.05) is 30.3 Å². The van der Waals surface area contributed by atoms with Gasteiger partial charge in [0.1, 0.15) is 5.82 Å². The van der Waals surface area contributed by atoms with E-state index in [0.29, 0.717) is 11.7 Å². The molecule has 0 bridgehead atoms. The summed E-state index contributed by atoms with van der Waals surface area (Å²) in [7, 11) is 0. The van der Waals surface area contributed by atoms with Crippen molar-refractivity contribution < 1.29 is 9.18 Å². The van der Waals surface area contributed by atoms with Crippen molar-refractivity contribution in [1.29, 1.82) is 0 Å². The van der Waals surface area contributed by atoms with E-state index >= 15 is 0 Å². The quantitative estimate of drug-likeness (QED) is 0.810. The highest BCUT2D eigenvalue weighted by Gasteiger charge is 2.28. The van der Waals surface area contributed by atoms with Crippen LogP contribution in [0.2, 0.25) is 0 Å². The van der Waals surface area contributed by atoms with Crippen molar-refractivity contribution in [2.24, 2.45) is 5.92 Å². The van der Waals surface area contributed by atoms with Gasteiger partial charge in [-0.05, 0) is 55.0 Å².